The molecule has 0 aromatic heterocycles. The highest BCUT2D eigenvalue weighted by Crippen LogP contribution is 2.18. The highest BCUT2D eigenvalue weighted by atomic mass is 16.5. The fraction of sp³-hybridized carbons (Fsp3) is 0.846. The molecule has 0 radical (unpaired) electrons. The third-order valence-electron chi connectivity index (χ3n) is 8.25. The molecule has 8 heteroatoms. The molecule has 7 N–H and O–H groups in total. The normalized spacial score (nSPS) is 11.6. The van der Waals surface area contributed by atoms with Crippen LogP contribution in [0, 0.1) is 5.92 Å². The van der Waals surface area contributed by atoms with Crippen molar-refractivity contribution in [3.63, 3.8) is 0 Å². The van der Waals surface area contributed by atoms with Gasteiger partial charge in [0.25, 0.3) is 0 Å². The first-order valence-corrected chi connectivity index (χ1v) is 19.9. The Labute approximate surface area is 291 Å². The number of nitrogens with one attached hydrogen (secondary N) is 7. The minimum Gasteiger partial charge on any atom is -0.494 e. The van der Waals surface area contributed by atoms with Crippen LogP contribution in [-0.4, -0.2) is 85.1 Å². The summed E-state index contributed by atoms with van der Waals surface area (Å²) < 4.78 is 6.22. The molecule has 0 heterocycles. The van der Waals surface area contributed by atoms with Gasteiger partial charge in [0, 0.05) is 13.1 Å². The van der Waals surface area contributed by atoms with E-state index in [2.05, 4.69) is 83.1 Å². The molecule has 0 spiro atoms. The second-order valence-electron chi connectivity index (χ2n) is 13.7. The summed E-state index contributed by atoms with van der Waals surface area (Å²) in [6.07, 6.45) is 16.4. The van der Waals surface area contributed by atoms with Crippen LogP contribution in [0.5, 0.6) is 5.75 Å². The van der Waals surface area contributed by atoms with E-state index < -0.39 is 0 Å². The first kappa shape index (κ1) is 43.8. The van der Waals surface area contributed by atoms with Gasteiger partial charge in [-0.15, -0.1) is 0 Å². The van der Waals surface area contributed by atoms with Gasteiger partial charge >= 0.3 is 0 Å². The van der Waals surface area contributed by atoms with Crippen molar-refractivity contribution in [2.45, 2.75) is 124 Å². The summed E-state index contributed by atoms with van der Waals surface area (Å²) >= 11 is 0. The van der Waals surface area contributed by atoms with Gasteiger partial charge < -0.3 is 42.0 Å². The fourth-order valence-corrected chi connectivity index (χ4v) is 5.47. The Morgan fingerprint density at radius 1 is 0.447 bits per heavy atom. The smallest absolute Gasteiger partial charge is 0.119 e. The summed E-state index contributed by atoms with van der Waals surface area (Å²) in [7, 11) is 0. The van der Waals surface area contributed by atoms with Crippen LogP contribution >= 0.6 is 0 Å². The topological polar surface area (TPSA) is 93.4 Å². The number of rotatable bonds is 37. The Kier molecular flexibility index (Phi) is 32.2. The Balaban J connectivity index is 2.26. The molecular weight excluding hydrogens is 582 g/mol. The zero-order valence-electron chi connectivity index (χ0n) is 31.5. The third kappa shape index (κ3) is 30.5. The average molecular weight is 662 g/mol. The lowest BCUT2D eigenvalue weighted by molar-refractivity contribution is 0.306. The molecule has 8 nitrogen and oxygen atoms in total. The Hall–Kier alpha value is -1.26. The zero-order chi connectivity index (χ0) is 33.9. The maximum absolute atomic E-state index is 6.22. The summed E-state index contributed by atoms with van der Waals surface area (Å²) in [6.45, 7) is 24.5. The van der Waals surface area contributed by atoms with Gasteiger partial charge in [0.05, 0.1) is 6.61 Å². The highest BCUT2D eigenvalue weighted by molar-refractivity contribution is 5.34. The largest absolute Gasteiger partial charge is 0.494 e. The second kappa shape index (κ2) is 34.6. The van der Waals surface area contributed by atoms with E-state index in [0.717, 1.165) is 110 Å². The van der Waals surface area contributed by atoms with E-state index >= 15 is 0 Å². The molecule has 0 fully saturated rings. The predicted molar refractivity (Wildman–Crippen MR) is 206 cm³/mol. The van der Waals surface area contributed by atoms with Gasteiger partial charge in [0.15, 0.2) is 0 Å². The lowest BCUT2D eigenvalue weighted by atomic mass is 10.1. The standard InChI is InChI=1S/C39H79N7O/c1-5-7-9-11-18-40-20-13-22-42-24-15-26-45-34-37-30-38(32-39(31-37)47-29-17-28-44-33-36(3)4)35-46-27-16-25-43-23-14-21-41-19-12-10-8-6-2/h30-32,36,40-46H,5-29,33-35H2,1-4H3. The lowest BCUT2D eigenvalue weighted by Gasteiger charge is -2.14. The molecular formula is C39H79N7O. The molecule has 1 aromatic carbocycles. The van der Waals surface area contributed by atoms with Gasteiger partial charge in [0.2, 0.25) is 0 Å². The molecule has 0 atom stereocenters. The van der Waals surface area contributed by atoms with E-state index in [9.17, 15) is 0 Å². The lowest BCUT2D eigenvalue weighted by Crippen LogP contribution is -2.26. The summed E-state index contributed by atoms with van der Waals surface area (Å²) in [5, 5.41) is 25.2. The Bertz CT molecular complexity index is 729. The molecule has 1 aromatic rings. The van der Waals surface area contributed by atoms with Gasteiger partial charge in [-0.1, -0.05) is 72.3 Å². The number of ether oxygens (including phenoxy) is 1. The molecule has 0 unspecified atom stereocenters. The van der Waals surface area contributed by atoms with Crippen molar-refractivity contribution >= 4 is 0 Å². The van der Waals surface area contributed by atoms with E-state index in [4.69, 9.17) is 4.74 Å². The molecule has 0 aliphatic carbocycles. The molecule has 0 amide bonds. The van der Waals surface area contributed by atoms with E-state index in [-0.39, 0.29) is 0 Å². The van der Waals surface area contributed by atoms with Crippen LogP contribution in [-0.2, 0) is 13.1 Å². The van der Waals surface area contributed by atoms with Crippen molar-refractivity contribution in [3.8, 4) is 5.75 Å². The fourth-order valence-electron chi connectivity index (χ4n) is 5.47. The van der Waals surface area contributed by atoms with E-state index in [1.807, 2.05) is 0 Å². The molecule has 0 aliphatic rings. The van der Waals surface area contributed by atoms with Crippen molar-refractivity contribution in [1.29, 1.82) is 0 Å². The molecule has 0 bridgehead atoms. The maximum Gasteiger partial charge on any atom is 0.119 e. The first-order valence-electron chi connectivity index (χ1n) is 19.9. The monoisotopic (exact) mass is 662 g/mol. The van der Waals surface area contributed by atoms with Crippen molar-refractivity contribution in [2.75, 3.05) is 85.1 Å². The summed E-state index contributed by atoms with van der Waals surface area (Å²) in [6, 6.07) is 6.77. The van der Waals surface area contributed by atoms with E-state index in [1.54, 1.807) is 0 Å². The van der Waals surface area contributed by atoms with Crippen molar-refractivity contribution < 1.29 is 4.74 Å². The maximum atomic E-state index is 6.22. The van der Waals surface area contributed by atoms with Gasteiger partial charge in [-0.05, 0) is 153 Å². The zero-order valence-corrected chi connectivity index (χ0v) is 31.5. The SMILES string of the molecule is CCCCCCNCCCNCCCNCc1cc(CNCCCNCCCNCCCCCC)cc(OCCCNCC(C)C)c1. The molecule has 1 rings (SSSR count). The summed E-state index contributed by atoms with van der Waals surface area (Å²) in [5.74, 6) is 1.67. The Morgan fingerprint density at radius 2 is 0.851 bits per heavy atom. The van der Waals surface area contributed by atoms with Crippen LogP contribution in [0.4, 0.5) is 0 Å². The summed E-state index contributed by atoms with van der Waals surface area (Å²) in [4.78, 5) is 0. The van der Waals surface area contributed by atoms with Crippen molar-refractivity contribution in [3.05, 3.63) is 29.3 Å². The van der Waals surface area contributed by atoms with Gasteiger partial charge in [-0.25, -0.2) is 0 Å². The minimum atomic E-state index is 0.682. The van der Waals surface area contributed by atoms with E-state index in [1.165, 1.54) is 88.4 Å². The second-order valence-corrected chi connectivity index (χ2v) is 13.7. The number of hydrogen-bond acceptors (Lipinski definition) is 8. The first-order chi connectivity index (χ1) is 23.2. The number of hydrogen-bond donors (Lipinski definition) is 7. The quantitative estimate of drug-likeness (QED) is 0.0440. The Morgan fingerprint density at radius 3 is 1.28 bits per heavy atom. The van der Waals surface area contributed by atoms with Crippen LogP contribution in [0.1, 0.15) is 122 Å². The number of unbranched alkanes of at least 4 members (excludes halogenated alkanes) is 6. The summed E-state index contributed by atoms with van der Waals surface area (Å²) in [5.41, 5.74) is 2.60. The van der Waals surface area contributed by atoms with Crippen molar-refractivity contribution in [2.24, 2.45) is 5.92 Å². The average Bonchev–Trinajstić information content (AvgIpc) is 3.06. The van der Waals surface area contributed by atoms with E-state index in [0.29, 0.717) is 5.92 Å². The molecule has 0 saturated heterocycles. The van der Waals surface area contributed by atoms with Crippen LogP contribution in [0.25, 0.3) is 0 Å². The van der Waals surface area contributed by atoms with Crippen molar-refractivity contribution in [1.82, 2.24) is 37.2 Å². The van der Waals surface area contributed by atoms with Crippen LogP contribution in [0.2, 0.25) is 0 Å². The molecule has 0 aliphatic heterocycles. The predicted octanol–water partition coefficient (Wildman–Crippen LogP) is 5.96. The van der Waals surface area contributed by atoms with Gasteiger partial charge in [-0.3, -0.25) is 0 Å². The van der Waals surface area contributed by atoms with Crippen LogP contribution in [0.3, 0.4) is 0 Å². The van der Waals surface area contributed by atoms with Gasteiger partial charge in [-0.2, -0.15) is 0 Å². The molecule has 47 heavy (non-hydrogen) atoms. The van der Waals surface area contributed by atoms with Gasteiger partial charge in [0.1, 0.15) is 5.75 Å². The van der Waals surface area contributed by atoms with Crippen LogP contribution < -0.4 is 42.0 Å². The molecule has 276 valence electrons. The molecule has 0 saturated carbocycles. The minimum absolute atomic E-state index is 0.682. The third-order valence-corrected chi connectivity index (χ3v) is 8.25. The van der Waals surface area contributed by atoms with Crippen LogP contribution in [0.15, 0.2) is 18.2 Å². The number of benzene rings is 1. The highest BCUT2D eigenvalue weighted by Gasteiger charge is 2.04.